The van der Waals surface area contributed by atoms with Gasteiger partial charge in [0.2, 0.25) is 0 Å². The number of amidine groups is 4. The van der Waals surface area contributed by atoms with Crippen LogP contribution in [0.15, 0.2) is 80.9 Å². The first-order chi connectivity index (χ1) is 21.0. The summed E-state index contributed by atoms with van der Waals surface area (Å²) in [5.74, 6) is 2.79. The maximum atomic E-state index is 6.14. The molecule has 0 amide bonds. The molecule has 0 bridgehead atoms. The molecule has 0 unspecified atom stereocenters. The highest BCUT2D eigenvalue weighted by Gasteiger charge is 2.21. The molecule has 0 saturated carbocycles. The number of rotatable bonds is 12. The van der Waals surface area contributed by atoms with E-state index in [1.165, 1.54) is 30.4 Å². The molecule has 2 aromatic carbocycles. The molecule has 0 aliphatic carbocycles. The van der Waals surface area contributed by atoms with Gasteiger partial charge in [-0.05, 0) is 61.5 Å². The fourth-order valence-electron chi connectivity index (χ4n) is 5.78. The zero-order valence-electron chi connectivity index (χ0n) is 25.5. The summed E-state index contributed by atoms with van der Waals surface area (Å²) in [4.78, 5) is 8.83. The molecule has 0 aromatic heterocycles. The molecule has 2 fully saturated rings. The van der Waals surface area contributed by atoms with Gasteiger partial charge in [0.1, 0.15) is 0 Å². The van der Waals surface area contributed by atoms with Gasteiger partial charge in [-0.15, -0.1) is 0 Å². The number of nitrogens with two attached hydrogens (primary N) is 4. The molecule has 4 rings (SSSR count). The van der Waals surface area contributed by atoms with Gasteiger partial charge < -0.3 is 22.9 Å². The molecule has 43 heavy (non-hydrogen) atoms. The summed E-state index contributed by atoms with van der Waals surface area (Å²) in [6, 6.07) is 20.5. The van der Waals surface area contributed by atoms with Gasteiger partial charge in [0, 0.05) is 39.3 Å². The van der Waals surface area contributed by atoms with Crippen molar-refractivity contribution in [1.29, 1.82) is 0 Å². The van der Waals surface area contributed by atoms with Crippen LogP contribution in [0, 0.1) is 11.8 Å². The number of aliphatic imine (C=N–C) groups is 2. The summed E-state index contributed by atoms with van der Waals surface area (Å²) in [5, 5.41) is 13.2. The van der Waals surface area contributed by atoms with E-state index in [9.17, 15) is 0 Å². The van der Waals surface area contributed by atoms with E-state index in [1.54, 1.807) is 0 Å². The number of hydrogen-bond donors (Lipinski definition) is 4. The predicted octanol–water partition coefficient (Wildman–Crippen LogP) is 3.32. The maximum absolute atomic E-state index is 6.14. The van der Waals surface area contributed by atoms with Crippen LogP contribution in [0.4, 0.5) is 0 Å². The Bertz CT molecular complexity index is 1110. The summed E-state index contributed by atoms with van der Waals surface area (Å²) in [5.41, 5.74) is 26.9. The number of piperidine rings is 2. The highest BCUT2D eigenvalue weighted by molar-refractivity contribution is 6.39. The second-order valence-electron chi connectivity index (χ2n) is 11.7. The second kappa shape index (κ2) is 17.1. The first-order valence-electron chi connectivity index (χ1n) is 15.8. The third-order valence-corrected chi connectivity index (χ3v) is 8.48. The Balaban J connectivity index is 1.07. The van der Waals surface area contributed by atoms with E-state index in [1.807, 2.05) is 46.4 Å². The minimum Gasteiger partial charge on any atom is -0.381 e. The number of hydrogen-bond acceptors (Lipinski definition) is 6. The average Bonchev–Trinajstić information content (AvgIpc) is 3.03. The molecule has 2 aliphatic rings. The quantitative estimate of drug-likeness (QED) is 0.220. The zero-order valence-corrected chi connectivity index (χ0v) is 25.5. The van der Waals surface area contributed by atoms with Gasteiger partial charge in [0.25, 0.3) is 0 Å². The lowest BCUT2D eigenvalue weighted by Crippen LogP contribution is -2.37. The van der Waals surface area contributed by atoms with Crippen molar-refractivity contribution >= 4 is 23.3 Å². The van der Waals surface area contributed by atoms with Gasteiger partial charge >= 0.3 is 0 Å². The van der Waals surface area contributed by atoms with Crippen molar-refractivity contribution in [1.82, 2.24) is 10.0 Å². The molecule has 0 radical (unpaired) electrons. The molecule has 232 valence electrons. The van der Waals surface area contributed by atoms with Crippen LogP contribution < -0.4 is 22.9 Å². The molecule has 2 aliphatic heterocycles. The predicted molar refractivity (Wildman–Crippen MR) is 179 cm³/mol. The fourth-order valence-corrected chi connectivity index (χ4v) is 5.78. The SMILES string of the molecule is NC(=NCCc1ccccc1)C(N)=NN1CCC(CCCC2CCN(N=C(N)C(N)=NCCc3ccccc3)CC2)CC1. The monoisotopic (exact) mass is 586 g/mol. The van der Waals surface area contributed by atoms with Crippen molar-refractivity contribution in [3.63, 3.8) is 0 Å². The van der Waals surface area contributed by atoms with Crippen LogP contribution in [0.25, 0.3) is 0 Å². The lowest BCUT2D eigenvalue weighted by molar-refractivity contribution is 0.168. The number of hydrazone groups is 2. The second-order valence-corrected chi connectivity index (χ2v) is 11.7. The molecular weight excluding hydrogens is 536 g/mol. The van der Waals surface area contributed by atoms with Gasteiger partial charge in [-0.3, -0.25) is 20.0 Å². The Morgan fingerprint density at radius 3 is 1.30 bits per heavy atom. The van der Waals surface area contributed by atoms with Gasteiger partial charge in [0.05, 0.1) is 0 Å². The largest absolute Gasteiger partial charge is 0.381 e. The molecule has 10 heteroatoms. The molecule has 2 saturated heterocycles. The highest BCUT2D eigenvalue weighted by atomic mass is 15.5. The van der Waals surface area contributed by atoms with Gasteiger partial charge in [-0.25, -0.2) is 0 Å². The molecule has 2 heterocycles. The van der Waals surface area contributed by atoms with Gasteiger partial charge in [-0.1, -0.05) is 79.9 Å². The van der Waals surface area contributed by atoms with Crippen LogP contribution in [-0.4, -0.2) is 72.6 Å². The first kappa shape index (κ1) is 31.8. The van der Waals surface area contributed by atoms with Crippen LogP contribution in [0.1, 0.15) is 56.1 Å². The summed E-state index contributed by atoms with van der Waals surface area (Å²) < 4.78 is 0. The topological polar surface area (TPSA) is 160 Å². The van der Waals surface area contributed by atoms with E-state index < -0.39 is 0 Å². The Morgan fingerprint density at radius 2 is 0.930 bits per heavy atom. The van der Waals surface area contributed by atoms with Gasteiger partial charge in [-0.2, -0.15) is 10.2 Å². The summed E-state index contributed by atoms with van der Waals surface area (Å²) in [6.45, 7) is 4.87. The third kappa shape index (κ3) is 11.3. The van der Waals surface area contributed by atoms with Crippen LogP contribution >= 0.6 is 0 Å². The number of benzene rings is 2. The third-order valence-electron chi connectivity index (χ3n) is 8.48. The van der Waals surface area contributed by atoms with Crippen LogP contribution in [-0.2, 0) is 12.8 Å². The van der Waals surface area contributed by atoms with E-state index >= 15 is 0 Å². The van der Waals surface area contributed by atoms with E-state index in [0.29, 0.717) is 36.4 Å². The van der Waals surface area contributed by atoms with Crippen molar-refractivity contribution in [3.8, 4) is 0 Å². The van der Waals surface area contributed by atoms with Gasteiger partial charge in [0.15, 0.2) is 23.3 Å². The Hall–Kier alpha value is -4.08. The molecule has 0 atom stereocenters. The molecule has 10 nitrogen and oxygen atoms in total. The molecule has 8 N–H and O–H groups in total. The Morgan fingerprint density at radius 1 is 0.558 bits per heavy atom. The summed E-state index contributed by atoms with van der Waals surface area (Å²) in [6.07, 6.45) is 10.1. The van der Waals surface area contributed by atoms with Crippen molar-refractivity contribution in [3.05, 3.63) is 71.8 Å². The maximum Gasteiger partial charge on any atom is 0.185 e. The van der Waals surface area contributed by atoms with E-state index in [0.717, 1.165) is 76.5 Å². The lowest BCUT2D eigenvalue weighted by atomic mass is 9.87. The van der Waals surface area contributed by atoms with Crippen molar-refractivity contribution in [2.45, 2.75) is 57.8 Å². The van der Waals surface area contributed by atoms with Crippen molar-refractivity contribution in [2.75, 3.05) is 39.3 Å². The number of nitrogens with zero attached hydrogens (tertiary/aromatic N) is 6. The van der Waals surface area contributed by atoms with Crippen molar-refractivity contribution in [2.24, 2.45) is 55.0 Å². The van der Waals surface area contributed by atoms with Crippen LogP contribution in [0.2, 0.25) is 0 Å². The van der Waals surface area contributed by atoms with E-state index in [4.69, 9.17) is 22.9 Å². The first-order valence-corrected chi connectivity index (χ1v) is 15.8. The van der Waals surface area contributed by atoms with Crippen LogP contribution in [0.3, 0.4) is 0 Å². The minimum atomic E-state index is 0.321. The van der Waals surface area contributed by atoms with E-state index in [-0.39, 0.29) is 0 Å². The fraction of sp³-hybridized carbons (Fsp3) is 0.515. The highest BCUT2D eigenvalue weighted by Crippen LogP contribution is 2.27. The van der Waals surface area contributed by atoms with E-state index in [2.05, 4.69) is 44.5 Å². The minimum absolute atomic E-state index is 0.321. The molecule has 0 spiro atoms. The lowest BCUT2D eigenvalue weighted by Gasteiger charge is -2.32. The average molecular weight is 587 g/mol. The summed E-state index contributed by atoms with van der Waals surface area (Å²) in [7, 11) is 0. The summed E-state index contributed by atoms with van der Waals surface area (Å²) >= 11 is 0. The van der Waals surface area contributed by atoms with Crippen LogP contribution in [0.5, 0.6) is 0 Å². The Labute approximate surface area is 257 Å². The smallest absolute Gasteiger partial charge is 0.185 e. The van der Waals surface area contributed by atoms with Crippen molar-refractivity contribution < 1.29 is 0 Å². The molecular formula is C33H50N10. The Kier molecular flexibility index (Phi) is 12.7. The standard InChI is InChI=1S/C33H50N10/c34-30(38-20-14-26-8-3-1-4-9-26)32(36)40-42-22-16-28(17-23-42)12-7-13-29-18-24-43(25-19-29)41-33(37)31(35)39-21-15-27-10-5-2-6-11-27/h1-6,8-11,28-29H,7,12-25H2,(H2,34,38)(H2,35,39)(H2,36,40)(H2,37,41). The molecule has 2 aromatic rings. The zero-order chi connectivity index (χ0) is 30.3. The normalized spacial score (nSPS) is 18.3.